The maximum Gasteiger partial charge on any atom is 0.239 e. The van der Waals surface area contributed by atoms with Crippen LogP contribution in [0.25, 0.3) is 0 Å². The molecular formula is C9H11N5. The van der Waals surface area contributed by atoms with Crippen molar-refractivity contribution < 1.29 is 0 Å². The molecule has 0 fully saturated rings. The number of aryl methyl sites for hydroxylation is 1. The van der Waals surface area contributed by atoms with Crippen molar-refractivity contribution in [2.45, 2.75) is 13.5 Å². The van der Waals surface area contributed by atoms with Gasteiger partial charge < -0.3 is 5.73 Å². The van der Waals surface area contributed by atoms with Crippen molar-refractivity contribution in [2.24, 2.45) is 0 Å². The third-order valence-corrected chi connectivity index (χ3v) is 1.98. The van der Waals surface area contributed by atoms with Crippen LogP contribution in [0, 0.1) is 6.92 Å². The van der Waals surface area contributed by atoms with Gasteiger partial charge in [0.25, 0.3) is 0 Å². The lowest BCUT2D eigenvalue weighted by atomic mass is 10.2. The monoisotopic (exact) mass is 189 g/mol. The van der Waals surface area contributed by atoms with Gasteiger partial charge in [0.1, 0.15) is 6.33 Å². The lowest BCUT2D eigenvalue weighted by molar-refractivity contribution is 0.670. The van der Waals surface area contributed by atoms with Crippen LogP contribution in [0.3, 0.4) is 0 Å². The molecule has 0 aromatic carbocycles. The highest BCUT2D eigenvalue weighted by Crippen LogP contribution is 2.04. The minimum atomic E-state index is 0.290. The van der Waals surface area contributed by atoms with Gasteiger partial charge in [0.15, 0.2) is 0 Å². The normalized spacial score (nSPS) is 10.4. The molecule has 0 aliphatic rings. The molecule has 0 aliphatic heterocycles. The van der Waals surface area contributed by atoms with Gasteiger partial charge in [-0.1, -0.05) is 6.07 Å². The Kier molecular flexibility index (Phi) is 2.14. The zero-order valence-electron chi connectivity index (χ0n) is 7.88. The van der Waals surface area contributed by atoms with Gasteiger partial charge in [0.05, 0.1) is 12.2 Å². The molecule has 2 aromatic heterocycles. The second kappa shape index (κ2) is 3.45. The van der Waals surface area contributed by atoms with Crippen molar-refractivity contribution in [2.75, 3.05) is 5.73 Å². The summed E-state index contributed by atoms with van der Waals surface area (Å²) in [5.41, 5.74) is 7.53. The number of hydrogen-bond acceptors (Lipinski definition) is 4. The van der Waals surface area contributed by atoms with E-state index in [2.05, 4.69) is 15.1 Å². The smallest absolute Gasteiger partial charge is 0.239 e. The fraction of sp³-hybridized carbons (Fsp3) is 0.222. The molecular weight excluding hydrogens is 178 g/mol. The summed E-state index contributed by atoms with van der Waals surface area (Å²) >= 11 is 0. The van der Waals surface area contributed by atoms with Gasteiger partial charge in [0.2, 0.25) is 5.95 Å². The molecule has 5 nitrogen and oxygen atoms in total. The Balaban J connectivity index is 2.23. The lowest BCUT2D eigenvalue weighted by Gasteiger charge is -2.02. The van der Waals surface area contributed by atoms with E-state index in [1.807, 2.05) is 19.1 Å². The predicted octanol–water partition coefficient (Wildman–Crippen LogP) is 0.612. The lowest BCUT2D eigenvalue weighted by Crippen LogP contribution is -2.04. The SMILES string of the molecule is Cc1cccnc1Cn1cnc(N)n1. The molecule has 0 bridgehead atoms. The molecule has 14 heavy (non-hydrogen) atoms. The molecule has 5 heteroatoms. The van der Waals surface area contributed by atoms with Crippen molar-refractivity contribution in [1.29, 1.82) is 0 Å². The molecule has 0 radical (unpaired) electrons. The fourth-order valence-corrected chi connectivity index (χ4v) is 1.22. The Morgan fingerprint density at radius 2 is 2.29 bits per heavy atom. The van der Waals surface area contributed by atoms with Crippen molar-refractivity contribution in [3.05, 3.63) is 35.9 Å². The summed E-state index contributed by atoms with van der Waals surface area (Å²) in [6, 6.07) is 3.93. The van der Waals surface area contributed by atoms with Crippen LogP contribution in [-0.4, -0.2) is 19.7 Å². The summed E-state index contributed by atoms with van der Waals surface area (Å²) in [5.74, 6) is 0.290. The maximum absolute atomic E-state index is 5.41. The average molecular weight is 189 g/mol. The van der Waals surface area contributed by atoms with E-state index in [1.54, 1.807) is 17.2 Å². The summed E-state index contributed by atoms with van der Waals surface area (Å²) in [4.78, 5) is 8.10. The first kappa shape index (κ1) is 8.68. The molecule has 2 N–H and O–H groups in total. The van der Waals surface area contributed by atoms with E-state index >= 15 is 0 Å². The third kappa shape index (κ3) is 1.71. The van der Waals surface area contributed by atoms with E-state index in [9.17, 15) is 0 Å². The van der Waals surface area contributed by atoms with Crippen LogP contribution in [-0.2, 0) is 6.54 Å². The number of aromatic nitrogens is 4. The molecule has 2 aromatic rings. The van der Waals surface area contributed by atoms with Crippen molar-refractivity contribution in [3.63, 3.8) is 0 Å². The minimum absolute atomic E-state index is 0.290. The van der Waals surface area contributed by atoms with Gasteiger partial charge >= 0.3 is 0 Å². The van der Waals surface area contributed by atoms with E-state index in [-0.39, 0.29) is 0 Å². The third-order valence-electron chi connectivity index (χ3n) is 1.98. The quantitative estimate of drug-likeness (QED) is 0.751. The molecule has 0 amide bonds. The predicted molar refractivity (Wildman–Crippen MR) is 52.5 cm³/mol. The summed E-state index contributed by atoms with van der Waals surface area (Å²) in [6.45, 7) is 2.62. The average Bonchev–Trinajstić information content (AvgIpc) is 2.56. The second-order valence-electron chi connectivity index (χ2n) is 3.07. The van der Waals surface area contributed by atoms with Gasteiger partial charge in [-0.3, -0.25) is 4.98 Å². The van der Waals surface area contributed by atoms with E-state index < -0.39 is 0 Å². The summed E-state index contributed by atoms with van der Waals surface area (Å²) < 4.78 is 1.67. The zero-order valence-corrected chi connectivity index (χ0v) is 7.88. The highest BCUT2D eigenvalue weighted by molar-refractivity contribution is 5.18. The molecule has 0 atom stereocenters. The fourth-order valence-electron chi connectivity index (χ4n) is 1.22. The standard InChI is InChI=1S/C9H11N5/c1-7-3-2-4-11-8(7)5-14-6-12-9(10)13-14/h2-4,6H,5H2,1H3,(H2,10,13). The number of nitrogens with two attached hydrogens (primary N) is 1. The molecule has 0 saturated heterocycles. The molecule has 0 unspecified atom stereocenters. The first-order valence-corrected chi connectivity index (χ1v) is 4.31. The van der Waals surface area contributed by atoms with Crippen LogP contribution in [0.2, 0.25) is 0 Å². The Bertz CT molecular complexity index is 434. The van der Waals surface area contributed by atoms with Gasteiger partial charge in [-0.2, -0.15) is 0 Å². The summed E-state index contributed by atoms with van der Waals surface area (Å²) in [5, 5.41) is 3.99. The Hall–Kier alpha value is -1.91. The molecule has 2 rings (SSSR count). The second-order valence-corrected chi connectivity index (χ2v) is 3.07. The first-order valence-electron chi connectivity index (χ1n) is 4.31. The van der Waals surface area contributed by atoms with E-state index in [4.69, 9.17) is 5.73 Å². The number of hydrogen-bond donors (Lipinski definition) is 1. The van der Waals surface area contributed by atoms with Crippen LogP contribution in [0.5, 0.6) is 0 Å². The summed E-state index contributed by atoms with van der Waals surface area (Å²) in [7, 11) is 0. The summed E-state index contributed by atoms with van der Waals surface area (Å²) in [6.07, 6.45) is 3.37. The molecule has 0 spiro atoms. The number of rotatable bonds is 2. The van der Waals surface area contributed by atoms with E-state index in [0.29, 0.717) is 12.5 Å². The molecule has 0 aliphatic carbocycles. The van der Waals surface area contributed by atoms with Gasteiger partial charge in [-0.15, -0.1) is 5.10 Å². The van der Waals surface area contributed by atoms with Crippen molar-refractivity contribution in [1.82, 2.24) is 19.7 Å². The van der Waals surface area contributed by atoms with Crippen LogP contribution >= 0.6 is 0 Å². The topological polar surface area (TPSA) is 69.6 Å². The van der Waals surface area contributed by atoms with E-state index in [1.165, 1.54) is 0 Å². The van der Waals surface area contributed by atoms with Gasteiger partial charge in [-0.25, -0.2) is 9.67 Å². The van der Waals surface area contributed by atoms with Crippen LogP contribution in [0.15, 0.2) is 24.7 Å². The largest absolute Gasteiger partial charge is 0.367 e. The minimum Gasteiger partial charge on any atom is -0.367 e. The zero-order chi connectivity index (χ0) is 9.97. The molecule has 0 saturated carbocycles. The molecule has 72 valence electrons. The highest BCUT2D eigenvalue weighted by atomic mass is 15.4. The Morgan fingerprint density at radius 1 is 1.43 bits per heavy atom. The van der Waals surface area contributed by atoms with Crippen molar-refractivity contribution >= 4 is 5.95 Å². The van der Waals surface area contributed by atoms with Crippen molar-refractivity contribution in [3.8, 4) is 0 Å². The Morgan fingerprint density at radius 3 is 2.93 bits per heavy atom. The van der Waals surface area contributed by atoms with Crippen LogP contribution in [0.1, 0.15) is 11.3 Å². The van der Waals surface area contributed by atoms with E-state index in [0.717, 1.165) is 11.3 Å². The van der Waals surface area contributed by atoms with Gasteiger partial charge in [-0.05, 0) is 18.6 Å². The number of anilines is 1. The highest BCUT2D eigenvalue weighted by Gasteiger charge is 2.01. The van der Waals surface area contributed by atoms with Gasteiger partial charge in [0, 0.05) is 6.20 Å². The number of pyridine rings is 1. The number of nitrogen functional groups attached to an aromatic ring is 1. The molecule has 2 heterocycles. The van der Waals surface area contributed by atoms with Crippen LogP contribution in [0.4, 0.5) is 5.95 Å². The number of nitrogens with zero attached hydrogens (tertiary/aromatic N) is 4. The Labute approximate surface area is 81.6 Å². The van der Waals surface area contributed by atoms with Crippen LogP contribution < -0.4 is 5.73 Å². The first-order chi connectivity index (χ1) is 6.75. The maximum atomic E-state index is 5.41.